The van der Waals surface area contributed by atoms with Crippen molar-refractivity contribution in [2.24, 2.45) is 0 Å². The van der Waals surface area contributed by atoms with Crippen LogP contribution >= 0.6 is 0 Å². The van der Waals surface area contributed by atoms with E-state index in [9.17, 15) is 9.90 Å². The molecule has 0 fully saturated rings. The largest absolute Gasteiger partial charge is 0.546 e. The van der Waals surface area contributed by atoms with Crippen molar-refractivity contribution in [3.05, 3.63) is 30.6 Å². The van der Waals surface area contributed by atoms with Crippen LogP contribution in [-0.2, 0) is 4.79 Å². The first-order chi connectivity index (χ1) is 7.75. The smallest absolute Gasteiger partial charge is 0.143 e. The number of aliphatic carboxylic acids is 1. The zero-order chi connectivity index (χ0) is 11.4. The average Bonchev–Trinajstić information content (AvgIpc) is 2.80. The summed E-state index contributed by atoms with van der Waals surface area (Å²) in [6.07, 6.45) is 1.46. The van der Waals surface area contributed by atoms with Gasteiger partial charge in [0.1, 0.15) is 18.7 Å². The van der Waals surface area contributed by atoms with Crippen LogP contribution in [-0.4, -0.2) is 32.8 Å². The Bertz CT molecular complexity index is 466. The maximum Gasteiger partial charge on any atom is 0.143 e. The van der Waals surface area contributed by atoms with E-state index in [0.717, 1.165) is 5.69 Å². The van der Waals surface area contributed by atoms with Crippen LogP contribution in [0, 0.1) is 0 Å². The molecule has 0 bridgehead atoms. The molecule has 0 saturated heterocycles. The maximum absolute atomic E-state index is 10.2. The van der Waals surface area contributed by atoms with Crippen LogP contribution in [0.25, 0.3) is 5.69 Å². The van der Waals surface area contributed by atoms with Crippen LogP contribution in [0.5, 0.6) is 5.75 Å². The van der Waals surface area contributed by atoms with Gasteiger partial charge in [-0.05, 0) is 34.7 Å². The molecule has 1 aromatic heterocycles. The van der Waals surface area contributed by atoms with E-state index in [1.165, 1.54) is 11.0 Å². The number of hydrogen-bond donors (Lipinski definition) is 0. The quantitative estimate of drug-likeness (QED) is 0.640. The molecule has 0 radical (unpaired) electrons. The van der Waals surface area contributed by atoms with Crippen molar-refractivity contribution in [1.82, 2.24) is 20.2 Å². The molecule has 82 valence electrons. The van der Waals surface area contributed by atoms with Crippen molar-refractivity contribution < 1.29 is 14.6 Å². The first-order valence-corrected chi connectivity index (χ1v) is 4.42. The molecular weight excluding hydrogens is 212 g/mol. The van der Waals surface area contributed by atoms with Gasteiger partial charge in [0.2, 0.25) is 0 Å². The monoisotopic (exact) mass is 219 g/mol. The number of carboxylic acids is 1. The fourth-order valence-corrected chi connectivity index (χ4v) is 1.12. The van der Waals surface area contributed by atoms with E-state index < -0.39 is 12.6 Å². The molecular formula is C9H7N4O3-. The third kappa shape index (κ3) is 2.32. The van der Waals surface area contributed by atoms with E-state index in [1.54, 1.807) is 24.3 Å². The summed E-state index contributed by atoms with van der Waals surface area (Å²) >= 11 is 0. The van der Waals surface area contributed by atoms with E-state index in [4.69, 9.17) is 4.74 Å². The molecule has 1 aromatic carbocycles. The molecule has 2 aromatic rings. The van der Waals surface area contributed by atoms with Gasteiger partial charge in [-0.25, -0.2) is 4.68 Å². The molecule has 7 heteroatoms. The maximum atomic E-state index is 10.2. The number of tetrazole rings is 1. The second-order valence-corrected chi connectivity index (χ2v) is 2.91. The van der Waals surface area contributed by atoms with Crippen molar-refractivity contribution in [3.63, 3.8) is 0 Å². The number of nitrogens with zero attached hydrogens (tertiary/aromatic N) is 4. The van der Waals surface area contributed by atoms with Gasteiger partial charge in [0, 0.05) is 0 Å². The van der Waals surface area contributed by atoms with E-state index in [2.05, 4.69) is 15.5 Å². The molecule has 0 atom stereocenters. The molecule has 0 N–H and O–H groups in total. The normalized spacial score (nSPS) is 10.0. The van der Waals surface area contributed by atoms with Gasteiger partial charge in [0.25, 0.3) is 0 Å². The van der Waals surface area contributed by atoms with E-state index >= 15 is 0 Å². The number of carbonyl (C=O) groups excluding carboxylic acids is 1. The molecule has 2 rings (SSSR count). The lowest BCUT2D eigenvalue weighted by Crippen LogP contribution is -2.28. The van der Waals surface area contributed by atoms with Crippen molar-refractivity contribution in [3.8, 4) is 11.4 Å². The number of benzene rings is 1. The number of carboxylic acid groups (broad SMARTS) is 1. The fraction of sp³-hybridized carbons (Fsp3) is 0.111. The second-order valence-electron chi connectivity index (χ2n) is 2.91. The van der Waals surface area contributed by atoms with Gasteiger partial charge in [0.15, 0.2) is 0 Å². The molecule has 0 amide bonds. The lowest BCUT2D eigenvalue weighted by Gasteiger charge is -2.06. The van der Waals surface area contributed by atoms with E-state index in [1.807, 2.05) is 0 Å². The van der Waals surface area contributed by atoms with Crippen LogP contribution in [0.1, 0.15) is 0 Å². The molecule has 7 nitrogen and oxygen atoms in total. The first kappa shape index (κ1) is 10.1. The highest BCUT2D eigenvalue weighted by Crippen LogP contribution is 2.13. The topological polar surface area (TPSA) is 93.0 Å². The highest BCUT2D eigenvalue weighted by molar-refractivity contribution is 5.66. The predicted molar refractivity (Wildman–Crippen MR) is 49.7 cm³/mol. The lowest BCUT2D eigenvalue weighted by atomic mass is 10.3. The number of carbonyl (C=O) groups is 1. The molecule has 0 spiro atoms. The van der Waals surface area contributed by atoms with Gasteiger partial charge in [-0.2, -0.15) is 0 Å². The van der Waals surface area contributed by atoms with Gasteiger partial charge >= 0.3 is 0 Å². The Morgan fingerprint density at radius 1 is 1.38 bits per heavy atom. The highest BCUT2D eigenvalue weighted by atomic mass is 16.5. The lowest BCUT2D eigenvalue weighted by molar-refractivity contribution is -0.307. The summed E-state index contributed by atoms with van der Waals surface area (Å²) in [5, 5.41) is 20.9. The summed E-state index contributed by atoms with van der Waals surface area (Å²) < 4.78 is 6.39. The van der Waals surface area contributed by atoms with Crippen LogP contribution < -0.4 is 9.84 Å². The Kier molecular flexibility index (Phi) is 2.77. The Hall–Kier alpha value is -2.44. The molecule has 0 aliphatic heterocycles. The first-order valence-electron chi connectivity index (χ1n) is 4.42. The Morgan fingerprint density at radius 2 is 2.12 bits per heavy atom. The van der Waals surface area contributed by atoms with Crippen molar-refractivity contribution in [1.29, 1.82) is 0 Å². The number of hydrogen-bond acceptors (Lipinski definition) is 6. The van der Waals surface area contributed by atoms with E-state index in [0.29, 0.717) is 5.75 Å². The standard InChI is InChI=1S/C9H8N4O3/c14-9(15)5-16-8-3-1-7(2-4-8)13-6-10-11-12-13/h1-4,6H,5H2,(H,14,15)/p-1. The second kappa shape index (κ2) is 4.39. The number of rotatable bonds is 4. The Labute approximate surface area is 90.3 Å². The Balaban J connectivity index is 2.08. The van der Waals surface area contributed by atoms with Crippen LogP contribution in [0.15, 0.2) is 30.6 Å². The van der Waals surface area contributed by atoms with Crippen LogP contribution in [0.2, 0.25) is 0 Å². The van der Waals surface area contributed by atoms with Crippen molar-refractivity contribution >= 4 is 5.97 Å². The summed E-state index contributed by atoms with van der Waals surface area (Å²) in [5.74, 6) is -0.814. The van der Waals surface area contributed by atoms with Crippen LogP contribution in [0.3, 0.4) is 0 Å². The zero-order valence-electron chi connectivity index (χ0n) is 8.11. The van der Waals surface area contributed by atoms with Gasteiger partial charge < -0.3 is 14.6 Å². The summed E-state index contributed by atoms with van der Waals surface area (Å²) in [7, 11) is 0. The third-order valence-electron chi connectivity index (χ3n) is 1.81. The van der Waals surface area contributed by atoms with Gasteiger partial charge in [0.05, 0.1) is 11.7 Å². The molecule has 0 aliphatic carbocycles. The number of ether oxygens (including phenoxy) is 1. The van der Waals surface area contributed by atoms with Gasteiger partial charge in [-0.1, -0.05) is 0 Å². The summed E-state index contributed by atoms with van der Waals surface area (Å²) in [4.78, 5) is 10.2. The van der Waals surface area contributed by atoms with Crippen molar-refractivity contribution in [2.45, 2.75) is 0 Å². The SMILES string of the molecule is O=C([O-])COc1ccc(-n2cnnn2)cc1. The molecule has 1 heterocycles. The minimum absolute atomic E-state index is 0.445. The van der Waals surface area contributed by atoms with E-state index in [-0.39, 0.29) is 0 Å². The zero-order valence-corrected chi connectivity index (χ0v) is 8.11. The molecule has 16 heavy (non-hydrogen) atoms. The summed E-state index contributed by atoms with van der Waals surface area (Å²) in [5.41, 5.74) is 0.755. The van der Waals surface area contributed by atoms with Crippen LogP contribution in [0.4, 0.5) is 0 Å². The fourth-order valence-electron chi connectivity index (χ4n) is 1.12. The highest BCUT2D eigenvalue weighted by Gasteiger charge is 1.98. The number of aromatic nitrogens is 4. The molecule has 0 aliphatic rings. The Morgan fingerprint density at radius 3 is 2.69 bits per heavy atom. The molecule has 0 saturated carbocycles. The predicted octanol–water partition coefficient (Wildman–Crippen LogP) is -1.21. The third-order valence-corrected chi connectivity index (χ3v) is 1.81. The summed E-state index contributed by atoms with van der Waals surface area (Å²) in [6, 6.07) is 6.67. The minimum Gasteiger partial charge on any atom is -0.546 e. The molecule has 0 unspecified atom stereocenters. The summed E-state index contributed by atoms with van der Waals surface area (Å²) in [6.45, 7) is -0.468. The average molecular weight is 219 g/mol. The van der Waals surface area contributed by atoms with Gasteiger partial charge in [-0.15, -0.1) is 5.10 Å². The minimum atomic E-state index is -1.26. The van der Waals surface area contributed by atoms with Crippen molar-refractivity contribution in [2.75, 3.05) is 6.61 Å². The van der Waals surface area contributed by atoms with Gasteiger partial charge in [-0.3, -0.25) is 0 Å².